The lowest BCUT2D eigenvalue weighted by atomic mass is 10.1. The molecule has 2 fully saturated rings. The molecule has 2 aliphatic rings. The van der Waals surface area contributed by atoms with E-state index in [1.165, 1.54) is 0 Å². The summed E-state index contributed by atoms with van der Waals surface area (Å²) < 4.78 is 17.0. The molecular weight excluding hydrogens is 891 g/mol. The highest BCUT2D eigenvalue weighted by Gasteiger charge is 2.21. The second kappa shape index (κ2) is 22.2. The molecule has 2 aliphatic heterocycles. The first-order valence-corrected chi connectivity index (χ1v) is 22.5. The minimum atomic E-state index is 0.352. The van der Waals surface area contributed by atoms with Gasteiger partial charge in [-0.2, -0.15) is 20.4 Å². The van der Waals surface area contributed by atoms with Crippen LogP contribution in [0.25, 0.3) is 16.9 Å². The number of hydrogen-bond acceptors (Lipinski definition) is 16. The Balaban J connectivity index is 0.000000183. The standard InChI is InChI=1S/C22H27N9O.C22H29N7O.CBrN/c1-3-32-18-6-4-17(5-7-18)31-20-19(27-21(31)23)13-24-22(28-20)26-15-12-25-30(14-15)16-8-10-29(2)11-9-16;1-3-30-19-6-4-17(5-7-19)26-22-20(23)14-24-21(27-22)12-16-13-25-29(15-16)18-8-10-28(2)11-9-18;2-1-3/h4-7,12-14,16H,3,8-11H2,1-2H3,(H2,23,27)(H,24,26,28);4-7,13-15,18H,3,8-12,23H2,1-2H3,(H,24,26,27);. The highest BCUT2D eigenvalue weighted by atomic mass is 79.9. The molecule has 7 heterocycles. The molecule has 65 heavy (non-hydrogen) atoms. The van der Waals surface area contributed by atoms with Crippen LogP contribution in [0.4, 0.5) is 34.8 Å². The summed E-state index contributed by atoms with van der Waals surface area (Å²) in [6, 6.07) is 16.3. The highest BCUT2D eigenvalue weighted by Crippen LogP contribution is 2.28. The number of ether oxygens (including phenoxy) is 2. The Hall–Kier alpha value is -6.82. The molecule has 2 saturated heterocycles. The first kappa shape index (κ1) is 46.2. The molecule has 0 aliphatic carbocycles. The van der Waals surface area contributed by atoms with Crippen molar-refractivity contribution in [3.8, 4) is 22.2 Å². The van der Waals surface area contributed by atoms with Gasteiger partial charge in [-0.25, -0.2) is 19.9 Å². The van der Waals surface area contributed by atoms with Gasteiger partial charge >= 0.3 is 0 Å². The second-order valence-electron chi connectivity index (χ2n) is 15.8. The summed E-state index contributed by atoms with van der Waals surface area (Å²) >= 11 is 2.45. The Labute approximate surface area is 386 Å². The van der Waals surface area contributed by atoms with E-state index in [4.69, 9.17) is 26.2 Å². The second-order valence-corrected chi connectivity index (χ2v) is 16.2. The molecule has 7 aromatic rings. The number of halogens is 1. The third-order valence-corrected chi connectivity index (χ3v) is 11.1. The van der Waals surface area contributed by atoms with Gasteiger partial charge in [-0.3, -0.25) is 13.9 Å². The molecule has 0 amide bonds. The van der Waals surface area contributed by atoms with E-state index in [1.807, 2.05) is 85.7 Å². The van der Waals surface area contributed by atoms with Gasteiger partial charge in [0.15, 0.2) is 11.5 Å². The zero-order valence-corrected chi connectivity index (χ0v) is 38.8. The van der Waals surface area contributed by atoms with Crippen molar-refractivity contribution in [1.82, 2.24) is 58.8 Å². The number of aromatic nitrogens is 10. The van der Waals surface area contributed by atoms with Gasteiger partial charge in [0, 0.05) is 40.4 Å². The van der Waals surface area contributed by atoms with Crippen molar-refractivity contribution in [3.05, 3.63) is 97.1 Å². The molecule has 0 atom stereocenters. The van der Waals surface area contributed by atoms with E-state index < -0.39 is 0 Å². The van der Waals surface area contributed by atoms with Crippen LogP contribution in [0.3, 0.4) is 0 Å². The number of nitrogens with zero attached hydrogens (tertiary/aromatic N) is 13. The molecule has 20 heteroatoms. The van der Waals surface area contributed by atoms with Gasteiger partial charge in [-0.15, -0.1) is 0 Å². The van der Waals surface area contributed by atoms with E-state index in [9.17, 15) is 0 Å². The SMILES string of the molecule is CCOc1ccc(-n2c(N)nc3cnc(Nc4cnn(C5CCN(C)CC5)c4)nc32)cc1.CCOc1ccc(Nc2nc(Cc3cnn(C4CCN(C)CC4)c3)ncc2N)cc1.N#CBr. The van der Waals surface area contributed by atoms with E-state index >= 15 is 0 Å². The van der Waals surface area contributed by atoms with E-state index in [0.717, 1.165) is 86.0 Å². The molecular formula is C45H56BrN17O2. The topological polar surface area (TPSA) is 230 Å². The quantitative estimate of drug-likeness (QED) is 0.0902. The van der Waals surface area contributed by atoms with Gasteiger partial charge in [0.05, 0.1) is 67.1 Å². The van der Waals surface area contributed by atoms with Crippen LogP contribution >= 0.6 is 15.9 Å². The third-order valence-electron chi connectivity index (χ3n) is 11.1. The maximum atomic E-state index is 7.24. The monoisotopic (exact) mass is 945 g/mol. The highest BCUT2D eigenvalue weighted by molar-refractivity contribution is 9.12. The molecule has 5 aromatic heterocycles. The fourth-order valence-electron chi connectivity index (χ4n) is 7.72. The largest absolute Gasteiger partial charge is 0.494 e. The molecule has 340 valence electrons. The number of nitrogens with two attached hydrogens (primary N) is 2. The number of rotatable bonds is 13. The average molecular weight is 947 g/mol. The number of hydrogen-bond donors (Lipinski definition) is 4. The van der Waals surface area contributed by atoms with Crippen molar-refractivity contribution in [3.63, 3.8) is 0 Å². The molecule has 0 bridgehead atoms. The van der Waals surface area contributed by atoms with Crippen molar-refractivity contribution in [1.29, 1.82) is 5.26 Å². The van der Waals surface area contributed by atoms with E-state index in [0.29, 0.717) is 72.1 Å². The molecule has 2 aromatic carbocycles. The summed E-state index contributed by atoms with van der Waals surface area (Å²) in [7, 11) is 4.33. The normalized spacial score (nSPS) is 14.7. The van der Waals surface area contributed by atoms with Crippen LogP contribution in [0.1, 0.15) is 63.0 Å². The van der Waals surface area contributed by atoms with Crippen molar-refractivity contribution in [2.75, 3.05) is 75.6 Å². The van der Waals surface area contributed by atoms with Gasteiger partial charge in [0.1, 0.15) is 27.8 Å². The summed E-state index contributed by atoms with van der Waals surface area (Å²) in [5.41, 5.74) is 17.8. The fraction of sp³-hybridized carbons (Fsp3) is 0.378. The lowest BCUT2D eigenvalue weighted by Gasteiger charge is -2.28. The Morgan fingerprint density at radius 1 is 0.723 bits per heavy atom. The van der Waals surface area contributed by atoms with Gasteiger partial charge in [-0.1, -0.05) is 0 Å². The lowest BCUT2D eigenvalue weighted by molar-refractivity contribution is 0.212. The lowest BCUT2D eigenvalue weighted by Crippen LogP contribution is -2.31. The molecule has 0 unspecified atom stereocenters. The number of benzene rings is 2. The number of fused-ring (bicyclic) bond motifs is 1. The Kier molecular flexibility index (Phi) is 15.8. The van der Waals surface area contributed by atoms with Gasteiger partial charge in [0.25, 0.3) is 0 Å². The van der Waals surface area contributed by atoms with Crippen LogP contribution in [-0.4, -0.2) is 112 Å². The zero-order valence-electron chi connectivity index (χ0n) is 37.2. The minimum absolute atomic E-state index is 0.352. The van der Waals surface area contributed by atoms with Crippen molar-refractivity contribution in [2.45, 2.75) is 58.0 Å². The van der Waals surface area contributed by atoms with E-state index in [2.05, 4.69) is 96.5 Å². The summed E-state index contributed by atoms with van der Waals surface area (Å²) in [6.07, 6.45) is 16.3. The average Bonchev–Trinajstić information content (AvgIpc) is 4.06. The van der Waals surface area contributed by atoms with Crippen LogP contribution in [-0.2, 0) is 6.42 Å². The van der Waals surface area contributed by atoms with Gasteiger partial charge in [0.2, 0.25) is 11.9 Å². The number of nitrogens with one attached hydrogen (secondary N) is 2. The summed E-state index contributed by atoms with van der Waals surface area (Å²) in [5.74, 6) is 3.77. The third kappa shape index (κ3) is 12.3. The Morgan fingerprint density at radius 3 is 1.92 bits per heavy atom. The van der Waals surface area contributed by atoms with Crippen LogP contribution in [0.15, 0.2) is 85.7 Å². The first-order chi connectivity index (χ1) is 31.6. The number of piperidine rings is 2. The molecule has 0 saturated carbocycles. The predicted molar refractivity (Wildman–Crippen MR) is 256 cm³/mol. The number of likely N-dealkylation sites (tertiary alicyclic amines) is 2. The molecule has 0 radical (unpaired) electrons. The molecule has 0 spiro atoms. The maximum absolute atomic E-state index is 7.24. The summed E-state index contributed by atoms with van der Waals surface area (Å²) in [6.45, 7) is 9.58. The number of nitrogen functional groups attached to an aromatic ring is 2. The van der Waals surface area contributed by atoms with E-state index in [1.54, 1.807) is 21.9 Å². The smallest absolute Gasteiger partial charge is 0.229 e. The van der Waals surface area contributed by atoms with Gasteiger partial charge < -0.3 is 41.4 Å². The van der Waals surface area contributed by atoms with Crippen LogP contribution in [0, 0.1) is 10.2 Å². The summed E-state index contributed by atoms with van der Waals surface area (Å²) in [5, 5.41) is 22.9. The predicted octanol–water partition coefficient (Wildman–Crippen LogP) is 7.12. The Bertz CT molecular complexity index is 2620. The van der Waals surface area contributed by atoms with Crippen LogP contribution < -0.4 is 31.6 Å². The van der Waals surface area contributed by atoms with Crippen molar-refractivity contribution in [2.24, 2.45) is 0 Å². The van der Waals surface area contributed by atoms with Crippen LogP contribution in [0.2, 0.25) is 0 Å². The molecule has 9 rings (SSSR count). The number of imidazole rings is 1. The minimum Gasteiger partial charge on any atom is -0.494 e. The molecule has 6 N–H and O–H groups in total. The van der Waals surface area contributed by atoms with Crippen LogP contribution in [0.5, 0.6) is 11.5 Å². The summed E-state index contributed by atoms with van der Waals surface area (Å²) in [4.78, 5) is 28.8. The van der Waals surface area contributed by atoms with Crippen molar-refractivity contribution >= 4 is 61.9 Å². The van der Waals surface area contributed by atoms with Gasteiger partial charge in [-0.05, 0) is 134 Å². The fourth-order valence-corrected chi connectivity index (χ4v) is 7.72. The van der Waals surface area contributed by atoms with E-state index in [-0.39, 0.29) is 0 Å². The number of anilines is 6. The van der Waals surface area contributed by atoms with Crippen molar-refractivity contribution < 1.29 is 9.47 Å². The zero-order chi connectivity index (χ0) is 45.7. The first-order valence-electron chi connectivity index (χ1n) is 21.7. The number of nitriles is 1. The molecule has 19 nitrogen and oxygen atoms in total. The maximum Gasteiger partial charge on any atom is 0.229 e. The Morgan fingerprint density at radius 2 is 1.31 bits per heavy atom.